The highest BCUT2D eigenvalue weighted by atomic mass is 16.3. The average molecular weight is 416 g/mol. The molecule has 0 saturated carbocycles. The van der Waals surface area contributed by atoms with Gasteiger partial charge in [0.15, 0.2) is 0 Å². The third kappa shape index (κ3) is 4.00. The fourth-order valence-electron chi connectivity index (χ4n) is 4.35. The van der Waals surface area contributed by atoms with Gasteiger partial charge in [-0.3, -0.25) is 4.99 Å². The second kappa shape index (κ2) is 9.07. The number of aryl methyl sites for hydroxylation is 1. The van der Waals surface area contributed by atoms with E-state index in [0.29, 0.717) is 0 Å². The third-order valence-corrected chi connectivity index (χ3v) is 5.93. The molecule has 0 bridgehead atoms. The summed E-state index contributed by atoms with van der Waals surface area (Å²) in [5, 5.41) is 15.8. The fraction of sp³-hybridized carbons (Fsp3) is 0.100. The summed E-state index contributed by atoms with van der Waals surface area (Å²) in [7, 11) is 0. The number of nitrogens with zero attached hydrogens (tertiary/aromatic N) is 1. The van der Waals surface area contributed by atoms with Crippen molar-refractivity contribution in [1.82, 2.24) is 0 Å². The summed E-state index contributed by atoms with van der Waals surface area (Å²) in [5.41, 5.74) is 3.98. The lowest BCUT2D eigenvalue weighted by Gasteiger charge is -2.14. The molecule has 5 aromatic carbocycles. The van der Waals surface area contributed by atoms with Crippen molar-refractivity contribution in [1.29, 1.82) is 0 Å². The molecule has 5 rings (SSSR count). The van der Waals surface area contributed by atoms with Crippen molar-refractivity contribution in [2.24, 2.45) is 4.99 Å². The maximum atomic E-state index is 11.2. The Morgan fingerprint density at radius 1 is 0.688 bits per heavy atom. The van der Waals surface area contributed by atoms with Crippen LogP contribution in [0.3, 0.4) is 0 Å². The van der Waals surface area contributed by atoms with Crippen LogP contribution in [0.2, 0.25) is 0 Å². The summed E-state index contributed by atoms with van der Waals surface area (Å²) in [6, 6.07) is 35.3. The number of aliphatic imine (C=N–C) groups is 1. The molecule has 1 N–H and O–H groups in total. The zero-order valence-electron chi connectivity index (χ0n) is 17.9. The van der Waals surface area contributed by atoms with Crippen LogP contribution in [0.1, 0.15) is 17.5 Å². The Kier molecular flexibility index (Phi) is 5.67. The largest absolute Gasteiger partial charge is 0.507 e. The van der Waals surface area contributed by atoms with Gasteiger partial charge in [-0.25, -0.2) is 0 Å². The highest BCUT2D eigenvalue weighted by Crippen LogP contribution is 2.41. The van der Waals surface area contributed by atoms with E-state index in [1.54, 1.807) is 6.21 Å². The molecule has 0 aliphatic carbocycles. The number of hydrogen-bond donors (Lipinski definition) is 1. The molecule has 0 radical (unpaired) electrons. The van der Waals surface area contributed by atoms with Gasteiger partial charge in [0, 0.05) is 29.4 Å². The summed E-state index contributed by atoms with van der Waals surface area (Å²) in [5.74, 6) is 0.279. The summed E-state index contributed by atoms with van der Waals surface area (Å²) < 4.78 is 0. The molecule has 0 heterocycles. The monoisotopic (exact) mass is 415 g/mol. The van der Waals surface area contributed by atoms with Gasteiger partial charge in [0.1, 0.15) is 5.75 Å². The first-order valence-corrected chi connectivity index (χ1v) is 11.1. The van der Waals surface area contributed by atoms with E-state index in [-0.39, 0.29) is 5.75 Å². The van der Waals surface area contributed by atoms with Crippen LogP contribution in [-0.4, -0.2) is 17.9 Å². The Hall–Kier alpha value is -3.91. The van der Waals surface area contributed by atoms with E-state index in [2.05, 4.69) is 83.9 Å². The summed E-state index contributed by atoms with van der Waals surface area (Å²) in [6.45, 7) is 0.732. The Morgan fingerprint density at radius 2 is 1.34 bits per heavy atom. The number of fused-ring (bicyclic) bond motifs is 2. The molecule has 5 aromatic rings. The van der Waals surface area contributed by atoms with Crippen LogP contribution >= 0.6 is 0 Å². The van der Waals surface area contributed by atoms with Gasteiger partial charge in [-0.2, -0.15) is 0 Å². The Balaban J connectivity index is 1.48. The first kappa shape index (κ1) is 20.0. The minimum absolute atomic E-state index is 0.279. The van der Waals surface area contributed by atoms with Crippen LogP contribution in [0.25, 0.3) is 32.7 Å². The van der Waals surface area contributed by atoms with Crippen molar-refractivity contribution in [3.05, 3.63) is 114 Å². The topological polar surface area (TPSA) is 32.6 Å². The van der Waals surface area contributed by atoms with Gasteiger partial charge >= 0.3 is 0 Å². The maximum absolute atomic E-state index is 11.2. The third-order valence-electron chi connectivity index (χ3n) is 5.93. The van der Waals surface area contributed by atoms with Crippen molar-refractivity contribution in [2.45, 2.75) is 12.8 Å². The predicted molar refractivity (Wildman–Crippen MR) is 136 cm³/mol. The van der Waals surface area contributed by atoms with Crippen LogP contribution in [0, 0.1) is 0 Å². The Bertz CT molecular complexity index is 1350. The van der Waals surface area contributed by atoms with Crippen molar-refractivity contribution in [3.8, 4) is 16.9 Å². The average Bonchev–Trinajstić information content (AvgIpc) is 2.84. The molecule has 32 heavy (non-hydrogen) atoms. The molecule has 0 aromatic heterocycles. The van der Waals surface area contributed by atoms with E-state index in [4.69, 9.17) is 0 Å². The molecule has 0 atom stereocenters. The SMILES string of the molecule is Oc1c(C=NCCCc2ccccc2)cccc1-c1c2ccccc2cc2ccccc12. The maximum Gasteiger partial charge on any atom is 0.132 e. The molecule has 0 fully saturated rings. The molecule has 156 valence electrons. The first-order valence-electron chi connectivity index (χ1n) is 11.1. The van der Waals surface area contributed by atoms with Gasteiger partial charge in [0.05, 0.1) is 0 Å². The smallest absolute Gasteiger partial charge is 0.132 e. The lowest BCUT2D eigenvalue weighted by atomic mass is 9.91. The van der Waals surface area contributed by atoms with Crippen LogP contribution < -0.4 is 0 Å². The van der Waals surface area contributed by atoms with Gasteiger partial charge in [-0.1, -0.05) is 91.0 Å². The Labute approximate surface area is 188 Å². The number of phenolic OH excluding ortho intramolecular Hbond substituents is 1. The van der Waals surface area contributed by atoms with Crippen molar-refractivity contribution in [3.63, 3.8) is 0 Å². The molecule has 0 aliphatic rings. The van der Waals surface area contributed by atoms with Crippen LogP contribution in [0.15, 0.2) is 108 Å². The van der Waals surface area contributed by atoms with Gasteiger partial charge in [0.2, 0.25) is 0 Å². The number of aromatic hydroxyl groups is 1. The first-order chi connectivity index (χ1) is 15.8. The number of hydrogen-bond acceptors (Lipinski definition) is 2. The molecule has 2 heteroatoms. The standard InChI is InChI=1S/C30H25NO/c32-30-25(21-31-19-9-12-22-10-2-1-3-11-22)15-8-18-28(30)29-26-16-6-4-13-23(26)20-24-14-5-7-17-27(24)29/h1-8,10-11,13-18,20-21,32H,9,12,19H2. The number of phenols is 1. The molecule has 0 aliphatic heterocycles. The predicted octanol–water partition coefficient (Wildman–Crippen LogP) is 7.42. The van der Waals surface area contributed by atoms with Crippen molar-refractivity contribution in [2.75, 3.05) is 6.54 Å². The van der Waals surface area contributed by atoms with Gasteiger partial charge in [0.25, 0.3) is 0 Å². The van der Waals surface area contributed by atoms with Crippen LogP contribution in [-0.2, 0) is 6.42 Å². The summed E-state index contributed by atoms with van der Waals surface area (Å²) >= 11 is 0. The lowest BCUT2D eigenvalue weighted by Crippen LogP contribution is -1.92. The highest BCUT2D eigenvalue weighted by molar-refractivity contribution is 6.14. The van der Waals surface area contributed by atoms with Gasteiger partial charge < -0.3 is 5.11 Å². The number of rotatable bonds is 6. The zero-order chi connectivity index (χ0) is 21.8. The molecular formula is C30H25NO. The summed E-state index contributed by atoms with van der Waals surface area (Å²) in [6.07, 6.45) is 3.79. The van der Waals surface area contributed by atoms with E-state index >= 15 is 0 Å². The molecule has 2 nitrogen and oxygen atoms in total. The van der Waals surface area contributed by atoms with Crippen LogP contribution in [0.5, 0.6) is 5.75 Å². The number of para-hydroxylation sites is 1. The zero-order valence-corrected chi connectivity index (χ0v) is 17.9. The summed E-state index contributed by atoms with van der Waals surface area (Å²) in [4.78, 5) is 4.59. The highest BCUT2D eigenvalue weighted by Gasteiger charge is 2.14. The van der Waals surface area contributed by atoms with Gasteiger partial charge in [-0.05, 0) is 52.1 Å². The van der Waals surface area contributed by atoms with Crippen molar-refractivity contribution >= 4 is 27.8 Å². The molecule has 0 unspecified atom stereocenters. The fourth-order valence-corrected chi connectivity index (χ4v) is 4.35. The van der Waals surface area contributed by atoms with Gasteiger partial charge in [-0.15, -0.1) is 0 Å². The second-order valence-electron chi connectivity index (χ2n) is 8.06. The minimum Gasteiger partial charge on any atom is -0.507 e. The quantitative estimate of drug-likeness (QED) is 0.175. The molecule has 0 spiro atoms. The van der Waals surface area contributed by atoms with E-state index in [1.165, 1.54) is 16.3 Å². The molecule has 0 saturated heterocycles. The second-order valence-corrected chi connectivity index (χ2v) is 8.06. The number of benzene rings is 5. The van der Waals surface area contributed by atoms with E-state index < -0.39 is 0 Å². The van der Waals surface area contributed by atoms with E-state index in [9.17, 15) is 5.11 Å². The lowest BCUT2D eigenvalue weighted by molar-refractivity contribution is 0.476. The minimum atomic E-state index is 0.279. The normalized spacial score (nSPS) is 11.5. The Morgan fingerprint density at radius 3 is 2.06 bits per heavy atom. The molecule has 0 amide bonds. The van der Waals surface area contributed by atoms with E-state index in [0.717, 1.165) is 46.8 Å². The van der Waals surface area contributed by atoms with E-state index in [1.807, 2.05) is 24.3 Å². The molecular weight excluding hydrogens is 390 g/mol. The van der Waals surface area contributed by atoms with Crippen molar-refractivity contribution < 1.29 is 5.11 Å². The van der Waals surface area contributed by atoms with Crippen LogP contribution in [0.4, 0.5) is 0 Å².